The van der Waals surface area contributed by atoms with Crippen molar-refractivity contribution < 1.29 is 14.3 Å². The second-order valence-corrected chi connectivity index (χ2v) is 8.29. The summed E-state index contributed by atoms with van der Waals surface area (Å²) in [7, 11) is 0. The standard InChI is InChI=1S/C19H25N7O3/c1-12-6-26(7-13(2)29-12)18-20-5-14-8-28-10-19(15(14)23-18)3-4-25(9-19)17(27)16-21-11-22-24-16/h5,11-13H,3-4,6-10H2,1-2H3,(H,21,22,24)/t12-,13+,19-/m0/s1. The molecular formula is C19H25N7O3. The lowest BCUT2D eigenvalue weighted by Gasteiger charge is -2.38. The molecule has 1 spiro atoms. The Morgan fingerprint density at radius 1 is 1.28 bits per heavy atom. The highest BCUT2D eigenvalue weighted by molar-refractivity contribution is 5.90. The molecule has 5 heterocycles. The number of rotatable bonds is 2. The van der Waals surface area contributed by atoms with Crippen molar-refractivity contribution in [3.8, 4) is 0 Å². The number of likely N-dealkylation sites (tertiary alicyclic amines) is 1. The van der Waals surface area contributed by atoms with Crippen LogP contribution in [0.5, 0.6) is 0 Å². The summed E-state index contributed by atoms with van der Waals surface area (Å²) < 4.78 is 11.7. The topological polar surface area (TPSA) is 109 Å². The average molecular weight is 399 g/mol. The maximum absolute atomic E-state index is 12.7. The quantitative estimate of drug-likeness (QED) is 0.779. The number of H-pyrrole nitrogens is 1. The first-order valence-corrected chi connectivity index (χ1v) is 10.0. The smallest absolute Gasteiger partial charge is 0.291 e. The molecule has 2 fully saturated rings. The van der Waals surface area contributed by atoms with E-state index in [1.54, 1.807) is 4.90 Å². The van der Waals surface area contributed by atoms with E-state index in [4.69, 9.17) is 14.5 Å². The third kappa shape index (κ3) is 3.25. The van der Waals surface area contributed by atoms with Crippen LogP contribution in [0.4, 0.5) is 5.95 Å². The number of morpholine rings is 1. The van der Waals surface area contributed by atoms with E-state index in [0.717, 1.165) is 36.7 Å². The van der Waals surface area contributed by atoms with E-state index in [0.29, 0.717) is 26.3 Å². The van der Waals surface area contributed by atoms with E-state index < -0.39 is 0 Å². The number of amides is 1. The molecule has 0 bridgehead atoms. The molecule has 3 aliphatic heterocycles. The second kappa shape index (κ2) is 7.03. The number of aromatic amines is 1. The van der Waals surface area contributed by atoms with Crippen LogP contribution < -0.4 is 4.90 Å². The van der Waals surface area contributed by atoms with Crippen LogP contribution >= 0.6 is 0 Å². The van der Waals surface area contributed by atoms with Gasteiger partial charge in [0.05, 0.1) is 36.5 Å². The van der Waals surface area contributed by atoms with Crippen molar-refractivity contribution in [2.24, 2.45) is 0 Å². The molecule has 3 aliphatic rings. The van der Waals surface area contributed by atoms with Gasteiger partial charge in [-0.25, -0.2) is 15.0 Å². The molecule has 1 amide bonds. The minimum absolute atomic E-state index is 0.136. The van der Waals surface area contributed by atoms with Gasteiger partial charge >= 0.3 is 0 Å². The van der Waals surface area contributed by atoms with Crippen molar-refractivity contribution in [1.29, 1.82) is 0 Å². The van der Waals surface area contributed by atoms with Gasteiger partial charge in [0, 0.05) is 37.9 Å². The number of hydrogen-bond acceptors (Lipinski definition) is 8. The molecule has 5 rings (SSSR count). The summed E-state index contributed by atoms with van der Waals surface area (Å²) in [6, 6.07) is 0. The minimum Gasteiger partial charge on any atom is -0.376 e. The van der Waals surface area contributed by atoms with E-state index in [1.165, 1.54) is 6.33 Å². The van der Waals surface area contributed by atoms with Crippen molar-refractivity contribution >= 4 is 11.9 Å². The first kappa shape index (κ1) is 18.4. The largest absolute Gasteiger partial charge is 0.376 e. The lowest BCUT2D eigenvalue weighted by molar-refractivity contribution is -0.00584. The minimum atomic E-state index is -0.315. The molecule has 0 radical (unpaired) electrons. The second-order valence-electron chi connectivity index (χ2n) is 8.29. The van der Waals surface area contributed by atoms with E-state index in [1.807, 2.05) is 6.20 Å². The Bertz CT molecular complexity index is 895. The summed E-state index contributed by atoms with van der Waals surface area (Å²) in [5.74, 6) is 0.849. The van der Waals surface area contributed by atoms with Crippen LogP contribution in [0.3, 0.4) is 0 Å². The predicted molar refractivity (Wildman–Crippen MR) is 102 cm³/mol. The maximum Gasteiger partial charge on any atom is 0.291 e. The fourth-order valence-electron chi connectivity index (χ4n) is 4.70. The number of hydrogen-bond donors (Lipinski definition) is 1. The lowest BCUT2D eigenvalue weighted by atomic mass is 9.80. The zero-order valence-corrected chi connectivity index (χ0v) is 16.7. The summed E-state index contributed by atoms with van der Waals surface area (Å²) >= 11 is 0. The molecular weight excluding hydrogens is 374 g/mol. The van der Waals surface area contributed by atoms with Crippen molar-refractivity contribution in [3.05, 3.63) is 29.6 Å². The van der Waals surface area contributed by atoms with Gasteiger partial charge in [0.15, 0.2) is 0 Å². The number of nitrogens with zero attached hydrogens (tertiary/aromatic N) is 6. The van der Waals surface area contributed by atoms with Gasteiger partial charge in [0.1, 0.15) is 6.33 Å². The van der Waals surface area contributed by atoms with Crippen LogP contribution in [-0.4, -0.2) is 81.0 Å². The summed E-state index contributed by atoms with van der Waals surface area (Å²) in [5.41, 5.74) is 1.70. The summed E-state index contributed by atoms with van der Waals surface area (Å²) in [6.45, 7) is 7.90. The van der Waals surface area contributed by atoms with Crippen molar-refractivity contribution in [1.82, 2.24) is 30.0 Å². The first-order chi connectivity index (χ1) is 14.0. The van der Waals surface area contributed by atoms with Crippen molar-refractivity contribution in [2.75, 3.05) is 37.7 Å². The highest BCUT2D eigenvalue weighted by atomic mass is 16.5. The summed E-state index contributed by atoms with van der Waals surface area (Å²) in [6.07, 6.45) is 4.30. The molecule has 0 aliphatic carbocycles. The SMILES string of the molecule is C[C@@H]1CN(c2ncc3c(n2)[C@]2(CCN(C(=O)c4ncn[nH]4)C2)COC3)C[C@H](C)O1. The zero-order chi connectivity index (χ0) is 20.0. The van der Waals surface area contributed by atoms with Crippen LogP contribution in [0.25, 0.3) is 0 Å². The van der Waals surface area contributed by atoms with Crippen molar-refractivity contribution in [3.63, 3.8) is 0 Å². The Labute approximate surface area is 168 Å². The van der Waals surface area contributed by atoms with Gasteiger partial charge in [-0.05, 0) is 20.3 Å². The molecule has 2 aromatic heterocycles. The molecule has 0 unspecified atom stereocenters. The van der Waals surface area contributed by atoms with E-state index in [9.17, 15) is 4.79 Å². The number of anilines is 1. The zero-order valence-electron chi connectivity index (χ0n) is 16.7. The fraction of sp³-hybridized carbons (Fsp3) is 0.632. The molecule has 0 saturated carbocycles. The van der Waals surface area contributed by atoms with Gasteiger partial charge in [-0.2, -0.15) is 5.10 Å². The van der Waals surface area contributed by atoms with Gasteiger partial charge in [-0.3, -0.25) is 9.89 Å². The van der Waals surface area contributed by atoms with Gasteiger partial charge in [-0.15, -0.1) is 0 Å². The molecule has 29 heavy (non-hydrogen) atoms. The Morgan fingerprint density at radius 3 is 2.86 bits per heavy atom. The highest BCUT2D eigenvalue weighted by Gasteiger charge is 2.47. The van der Waals surface area contributed by atoms with Crippen LogP contribution in [0.2, 0.25) is 0 Å². The Hall–Kier alpha value is -2.59. The molecule has 0 aromatic carbocycles. The molecule has 3 atom stereocenters. The number of ether oxygens (including phenoxy) is 2. The number of carbonyl (C=O) groups is 1. The Balaban J connectivity index is 1.43. The molecule has 10 heteroatoms. The summed E-state index contributed by atoms with van der Waals surface area (Å²) in [5, 5.41) is 6.44. The van der Waals surface area contributed by atoms with Gasteiger partial charge in [-0.1, -0.05) is 0 Å². The number of aromatic nitrogens is 5. The number of fused-ring (bicyclic) bond motifs is 2. The molecule has 2 saturated heterocycles. The maximum atomic E-state index is 12.7. The van der Waals surface area contributed by atoms with Crippen molar-refractivity contribution in [2.45, 2.75) is 44.5 Å². The number of carbonyl (C=O) groups excluding carboxylic acids is 1. The molecule has 10 nitrogen and oxygen atoms in total. The van der Waals surface area contributed by atoms with Crippen LogP contribution in [-0.2, 0) is 21.5 Å². The third-order valence-electron chi connectivity index (χ3n) is 5.95. The van der Waals surface area contributed by atoms with E-state index >= 15 is 0 Å². The summed E-state index contributed by atoms with van der Waals surface area (Å²) in [4.78, 5) is 30.3. The Morgan fingerprint density at radius 2 is 2.10 bits per heavy atom. The third-order valence-corrected chi connectivity index (χ3v) is 5.95. The van der Waals surface area contributed by atoms with E-state index in [-0.39, 0.29) is 29.4 Å². The average Bonchev–Trinajstić information content (AvgIpc) is 3.38. The molecule has 154 valence electrons. The van der Waals surface area contributed by atoms with Gasteiger partial charge in [0.2, 0.25) is 11.8 Å². The van der Waals surface area contributed by atoms with Crippen LogP contribution in [0, 0.1) is 0 Å². The van der Waals surface area contributed by atoms with Gasteiger partial charge in [0.25, 0.3) is 5.91 Å². The van der Waals surface area contributed by atoms with Gasteiger partial charge < -0.3 is 19.3 Å². The lowest BCUT2D eigenvalue weighted by Crippen LogP contribution is -2.47. The Kier molecular flexibility index (Phi) is 4.47. The van der Waals surface area contributed by atoms with Crippen LogP contribution in [0.1, 0.15) is 42.1 Å². The monoisotopic (exact) mass is 399 g/mol. The normalized spacial score (nSPS) is 29.3. The van der Waals surface area contributed by atoms with Crippen LogP contribution in [0.15, 0.2) is 12.5 Å². The van der Waals surface area contributed by atoms with E-state index in [2.05, 4.69) is 38.9 Å². The molecule has 1 N–H and O–H groups in total. The first-order valence-electron chi connectivity index (χ1n) is 10.0. The highest BCUT2D eigenvalue weighted by Crippen LogP contribution is 2.40. The predicted octanol–water partition coefficient (Wildman–Crippen LogP) is 0.522. The fourth-order valence-corrected chi connectivity index (χ4v) is 4.70. The number of nitrogens with one attached hydrogen (secondary N) is 1. The molecule has 2 aromatic rings.